The van der Waals surface area contributed by atoms with Crippen LogP contribution in [0, 0.1) is 116 Å². The van der Waals surface area contributed by atoms with Crippen molar-refractivity contribution < 1.29 is 0 Å². The van der Waals surface area contributed by atoms with Crippen LogP contribution in [0.2, 0.25) is 0 Å². The summed E-state index contributed by atoms with van der Waals surface area (Å²) in [5, 5.41) is 7.66. The van der Waals surface area contributed by atoms with Gasteiger partial charge in [-0.15, -0.1) is 0 Å². The van der Waals surface area contributed by atoms with Crippen LogP contribution in [0.4, 0.5) is 0 Å². The number of aryl methyl sites for hydroxylation is 17. The van der Waals surface area contributed by atoms with E-state index in [0.717, 1.165) is 58.4 Å². The molecule has 15 rings (SSSR count). The summed E-state index contributed by atoms with van der Waals surface area (Å²) in [5.74, 6) is 3.08. The Hall–Kier alpha value is -9.66. The smallest absolute Gasteiger partial charge is 0.125 e. The highest BCUT2D eigenvalue weighted by atomic mass is 15.1. The van der Waals surface area contributed by atoms with Crippen molar-refractivity contribution in [2.45, 2.75) is 190 Å². The lowest BCUT2D eigenvalue weighted by atomic mass is 9.90. The van der Waals surface area contributed by atoms with Crippen LogP contribution in [0.15, 0.2) is 200 Å². The van der Waals surface area contributed by atoms with Crippen molar-refractivity contribution in [3.05, 3.63) is 340 Å². The first kappa shape index (κ1) is 79.3. The molecule has 0 fully saturated rings. The SMILES string of the molecule is CC1=CCc2cc(C)ccc2C1.CC1=Cc2ccc(C)cc2CC1.CC1=Cc2ccc(C)cc2CC1.Cc1ccc(C)nc1.Cc1ccc(C)nc1.Cc1ccc(C)nn1.Cc1ccc2c(c1)C=CC(C)C2.Cc1ccc2c(c1)C=CC(C)C2.Cc1cnc(C)nc1.Cc1cnc(C)nc1. The Kier molecular flexibility index (Phi) is 32.6. The van der Waals surface area contributed by atoms with E-state index in [-0.39, 0.29) is 0 Å². The van der Waals surface area contributed by atoms with E-state index in [2.05, 4.69) is 255 Å². The fraction of sp³-hybridized carbons (Fsp3) is 0.326. The van der Waals surface area contributed by atoms with Crippen LogP contribution in [-0.4, -0.2) is 40.1 Å². The number of fused-ring (bicyclic) bond motifs is 5. The molecule has 0 saturated heterocycles. The molecule has 5 heterocycles. The number of aromatic nitrogens is 8. The molecular formula is C92H112N8. The summed E-state index contributed by atoms with van der Waals surface area (Å²) in [6.45, 7) is 41.5. The van der Waals surface area contributed by atoms with Crippen LogP contribution in [0.3, 0.4) is 0 Å². The highest BCUT2D eigenvalue weighted by Gasteiger charge is 2.12. The van der Waals surface area contributed by atoms with Crippen molar-refractivity contribution in [1.29, 1.82) is 0 Å². The maximum atomic E-state index is 4.08. The number of hydrogen-bond acceptors (Lipinski definition) is 8. The minimum Gasteiger partial charge on any atom is -0.261 e. The second kappa shape index (κ2) is 41.0. The first-order valence-electron chi connectivity index (χ1n) is 35.6. The molecule has 0 radical (unpaired) electrons. The Morgan fingerprint density at radius 2 is 0.620 bits per heavy atom. The van der Waals surface area contributed by atoms with Crippen molar-refractivity contribution in [1.82, 2.24) is 40.1 Å². The van der Waals surface area contributed by atoms with Gasteiger partial charge in [0.25, 0.3) is 0 Å². The van der Waals surface area contributed by atoms with Crippen LogP contribution < -0.4 is 0 Å². The minimum absolute atomic E-state index is 0.709. The lowest BCUT2D eigenvalue weighted by Gasteiger charge is -2.15. The Morgan fingerprint density at radius 1 is 0.280 bits per heavy atom. The zero-order chi connectivity index (χ0) is 72.7. The van der Waals surface area contributed by atoms with Crippen molar-refractivity contribution in [3.8, 4) is 0 Å². The van der Waals surface area contributed by atoms with Crippen LogP contribution in [0.25, 0.3) is 24.3 Å². The Morgan fingerprint density at radius 3 is 0.980 bits per heavy atom. The first-order chi connectivity index (χ1) is 47.7. The molecule has 0 aliphatic heterocycles. The summed E-state index contributed by atoms with van der Waals surface area (Å²) in [7, 11) is 0. The standard InChI is InChI=1S/5C12H14.2C7H9N.3C6H8N2/c5*1-9-3-5-12-8-10(2)4-6-11(12)7-9;2*1-6-3-4-7(2)8-5-6;2*1-5-3-7-6(2)8-4-5;1-5-3-4-6(2)8-7-5/h2*3,5,7-8H,4,6H2,1-2H3;3-5,7H,6,8H2,1-2H3;2*3-7,10H,8H2,1-2H3;2*3-5H,1-2H3;3*3-4H,1-2H3. The predicted octanol–water partition coefficient (Wildman–Crippen LogP) is 22.8. The Labute approximate surface area is 602 Å². The van der Waals surface area contributed by atoms with Gasteiger partial charge >= 0.3 is 0 Å². The van der Waals surface area contributed by atoms with Crippen molar-refractivity contribution in [3.63, 3.8) is 0 Å². The molecule has 520 valence electrons. The molecule has 5 aliphatic carbocycles. The molecule has 0 N–H and O–H groups in total. The highest BCUT2D eigenvalue weighted by molar-refractivity contribution is 5.61. The molecule has 10 aromatic rings. The number of nitrogens with zero attached hydrogens (tertiary/aromatic N) is 8. The molecule has 5 aromatic carbocycles. The average molecular weight is 1330 g/mol. The summed E-state index contributed by atoms with van der Waals surface area (Å²) in [6, 6.07) is 45.7. The van der Waals surface area contributed by atoms with Crippen molar-refractivity contribution >= 4 is 24.3 Å². The molecular weight excluding hydrogens is 1220 g/mol. The van der Waals surface area contributed by atoms with Gasteiger partial charge in [-0.05, 0) is 290 Å². The van der Waals surface area contributed by atoms with Gasteiger partial charge < -0.3 is 0 Å². The number of allylic oxidation sites excluding steroid dienone is 6. The molecule has 0 spiro atoms. The minimum atomic E-state index is 0.709. The van der Waals surface area contributed by atoms with E-state index in [4.69, 9.17) is 0 Å². The number of rotatable bonds is 0. The largest absolute Gasteiger partial charge is 0.261 e. The van der Waals surface area contributed by atoms with Gasteiger partial charge in [-0.1, -0.05) is 204 Å². The maximum absolute atomic E-state index is 4.08. The molecule has 2 atom stereocenters. The van der Waals surface area contributed by atoms with Crippen LogP contribution in [0.1, 0.15) is 188 Å². The highest BCUT2D eigenvalue weighted by Crippen LogP contribution is 2.28. The molecule has 0 saturated carbocycles. The van der Waals surface area contributed by atoms with Gasteiger partial charge in [0.1, 0.15) is 11.6 Å². The van der Waals surface area contributed by atoms with E-state index < -0.39 is 0 Å². The number of hydrogen-bond donors (Lipinski definition) is 0. The van der Waals surface area contributed by atoms with Gasteiger partial charge in [0.15, 0.2) is 0 Å². The van der Waals surface area contributed by atoms with Gasteiger partial charge in [-0.2, -0.15) is 10.2 Å². The maximum Gasteiger partial charge on any atom is 0.125 e. The van der Waals surface area contributed by atoms with Gasteiger partial charge in [-0.3, -0.25) is 9.97 Å². The summed E-state index contributed by atoms with van der Waals surface area (Å²) < 4.78 is 0. The molecule has 100 heavy (non-hydrogen) atoms. The van der Waals surface area contributed by atoms with E-state index >= 15 is 0 Å². The lowest BCUT2D eigenvalue weighted by molar-refractivity contribution is 0.717. The van der Waals surface area contributed by atoms with Gasteiger partial charge in [0.2, 0.25) is 0 Å². The zero-order valence-electron chi connectivity index (χ0n) is 64.0. The van der Waals surface area contributed by atoms with Gasteiger partial charge in [-0.25, -0.2) is 19.9 Å². The molecule has 5 aliphatic rings. The summed E-state index contributed by atoms with van der Waals surface area (Å²) in [6.07, 6.45) is 36.6. The molecule has 5 aromatic heterocycles. The monoisotopic (exact) mass is 1330 g/mol. The third kappa shape index (κ3) is 29.8. The summed E-state index contributed by atoms with van der Waals surface area (Å²) in [4.78, 5) is 24.0. The zero-order valence-corrected chi connectivity index (χ0v) is 64.0. The van der Waals surface area contributed by atoms with E-state index in [1.54, 1.807) is 0 Å². The fourth-order valence-corrected chi connectivity index (χ4v) is 11.2. The van der Waals surface area contributed by atoms with Crippen LogP contribution in [-0.2, 0) is 38.5 Å². The van der Waals surface area contributed by atoms with Crippen molar-refractivity contribution in [2.24, 2.45) is 11.8 Å². The van der Waals surface area contributed by atoms with E-state index in [9.17, 15) is 0 Å². The molecule has 0 amide bonds. The summed E-state index contributed by atoms with van der Waals surface area (Å²) >= 11 is 0. The number of pyridine rings is 2. The fourth-order valence-electron chi connectivity index (χ4n) is 11.2. The second-order valence-corrected chi connectivity index (χ2v) is 28.0. The molecule has 8 nitrogen and oxygen atoms in total. The summed E-state index contributed by atoms with van der Waals surface area (Å²) in [5.41, 5.74) is 34.8. The van der Waals surface area contributed by atoms with Gasteiger partial charge in [0.05, 0.1) is 11.4 Å². The molecule has 2 unspecified atom stereocenters. The van der Waals surface area contributed by atoms with Crippen molar-refractivity contribution in [2.75, 3.05) is 0 Å². The van der Waals surface area contributed by atoms with E-state index in [1.807, 2.05) is 131 Å². The second-order valence-electron chi connectivity index (χ2n) is 28.0. The molecule has 0 bridgehead atoms. The molecule has 8 heteroatoms. The van der Waals surface area contributed by atoms with E-state index in [0.29, 0.717) is 11.8 Å². The van der Waals surface area contributed by atoms with Gasteiger partial charge in [0, 0.05) is 48.6 Å². The first-order valence-corrected chi connectivity index (χ1v) is 35.6. The predicted molar refractivity (Wildman–Crippen MR) is 427 cm³/mol. The van der Waals surface area contributed by atoms with E-state index in [1.165, 1.54) is 150 Å². The third-order valence-corrected chi connectivity index (χ3v) is 17.2. The topological polar surface area (TPSA) is 103 Å². The van der Waals surface area contributed by atoms with Crippen LogP contribution >= 0.6 is 0 Å². The Balaban J connectivity index is 0.000000176. The lowest BCUT2D eigenvalue weighted by Crippen LogP contribution is -2.02. The number of benzene rings is 5. The third-order valence-electron chi connectivity index (χ3n) is 17.2. The normalized spacial score (nSPS) is 14.2. The average Bonchev–Trinajstić information content (AvgIpc) is 0.881. The van der Waals surface area contributed by atoms with Crippen LogP contribution in [0.5, 0.6) is 0 Å². The Bertz CT molecular complexity index is 3830. The quantitative estimate of drug-likeness (QED) is 0.138.